The van der Waals surface area contributed by atoms with E-state index in [9.17, 15) is 38.7 Å². The van der Waals surface area contributed by atoms with Crippen LogP contribution in [-0.4, -0.2) is 140 Å². The Labute approximate surface area is 367 Å². The monoisotopic (exact) mass is 956 g/mol. The molecule has 0 spiro atoms. The van der Waals surface area contributed by atoms with Gasteiger partial charge in [0, 0.05) is 6.42 Å². The van der Waals surface area contributed by atoms with Gasteiger partial charge in [-0.05, 0) is 5.56 Å². The van der Waals surface area contributed by atoms with Gasteiger partial charge in [-0.1, -0.05) is 30.3 Å². The molecule has 1 aromatic carbocycles. The van der Waals surface area contributed by atoms with Crippen LogP contribution in [0, 0.1) is 17.8 Å². The molecule has 1 saturated heterocycles. The number of ketones is 1. The number of likely N-dealkylation sites (N-methyl/N-ethyl adjacent to an activating group) is 2. The summed E-state index contributed by atoms with van der Waals surface area (Å²) in [6, 6.07) is 6.03. The van der Waals surface area contributed by atoms with Crippen molar-refractivity contribution >= 4 is 41.3 Å². The van der Waals surface area contributed by atoms with Gasteiger partial charge < -0.3 is 10.4 Å². The van der Waals surface area contributed by atoms with Gasteiger partial charge in [-0.3, -0.25) is 4.79 Å². The number of carboxylic acids is 1. The van der Waals surface area contributed by atoms with Gasteiger partial charge >= 0.3 is 301 Å². The van der Waals surface area contributed by atoms with Crippen molar-refractivity contribution in [2.45, 2.75) is 145 Å². The molecule has 1 aliphatic rings. The quantitative estimate of drug-likeness (QED) is 0.0708. The van der Waals surface area contributed by atoms with E-state index in [4.69, 9.17) is 9.47 Å². The second-order valence-electron chi connectivity index (χ2n) is 16.6. The molecule has 15 nitrogen and oxygen atoms in total. The molecule has 0 aromatic heterocycles. The van der Waals surface area contributed by atoms with Crippen molar-refractivity contribution < 1.29 is 69.3 Å². The molecule has 1 fully saturated rings. The number of carboxylic acid groups (broad SMARTS) is 1. The number of aliphatic carboxylic acids is 1. The fraction of sp³-hybridized carbons (Fsp3) is 0.705. The van der Waals surface area contributed by atoms with Crippen LogP contribution < -0.4 is 31.8 Å². The molecule has 0 bridgehead atoms. The van der Waals surface area contributed by atoms with Gasteiger partial charge in [0.25, 0.3) is 0 Å². The molecule has 1 aliphatic heterocycles. The van der Waals surface area contributed by atoms with Crippen molar-refractivity contribution in [3.05, 3.63) is 35.9 Å². The zero-order valence-electron chi connectivity index (χ0n) is 37.7. The third-order valence-electron chi connectivity index (χ3n) is 11.4. The molecule has 0 saturated carbocycles. The molecule has 1 aromatic rings. The van der Waals surface area contributed by atoms with Gasteiger partial charge in [-0.25, -0.2) is 4.79 Å². The molecule has 60 heavy (non-hydrogen) atoms. The molecule has 340 valence electrons. The van der Waals surface area contributed by atoms with E-state index in [1.165, 1.54) is 26.0 Å². The van der Waals surface area contributed by atoms with E-state index in [2.05, 4.69) is 10.6 Å². The summed E-state index contributed by atoms with van der Waals surface area (Å²) in [5.41, 5.74) is 0.769. The minimum atomic E-state index is -1.16. The van der Waals surface area contributed by atoms with Gasteiger partial charge in [0.1, 0.15) is 6.04 Å². The fourth-order valence-electron chi connectivity index (χ4n) is 7.99. The number of likely N-dealkylation sites (tertiary alicyclic amines) is 1. The number of hydrogen-bond acceptors (Lipinski definition) is 9. The Morgan fingerprint density at radius 2 is 1.53 bits per heavy atom. The van der Waals surface area contributed by atoms with Crippen LogP contribution in [0.15, 0.2) is 30.3 Å². The number of carbonyl (C=O) groups is 7. The van der Waals surface area contributed by atoms with Gasteiger partial charge in [0.15, 0.2) is 0 Å². The van der Waals surface area contributed by atoms with Crippen LogP contribution in [0.4, 0.5) is 0 Å². The van der Waals surface area contributed by atoms with Crippen molar-refractivity contribution in [2.24, 2.45) is 17.8 Å². The van der Waals surface area contributed by atoms with Crippen molar-refractivity contribution in [3.8, 4) is 0 Å². The van der Waals surface area contributed by atoms with E-state index in [0.29, 0.717) is 25.8 Å². The normalized spacial score (nSPS) is 18.2. The number of benzene rings is 1. The van der Waals surface area contributed by atoms with E-state index in [-0.39, 0.29) is 64.9 Å². The molecule has 1 heterocycles. The maximum atomic E-state index is 14.5. The van der Waals surface area contributed by atoms with E-state index in [0.717, 1.165) is 5.56 Å². The van der Waals surface area contributed by atoms with Crippen LogP contribution in [0.5, 0.6) is 0 Å². The number of alkyl halides is 2. The summed E-state index contributed by atoms with van der Waals surface area (Å²) in [6.07, 6.45) is 0.591. The Bertz CT molecular complexity index is 1600. The first-order valence-electron chi connectivity index (χ1n) is 21.1. The second-order valence-corrected chi connectivity index (χ2v) is 21.0. The number of Topliss-reactive ketones (excluding diaryl/α,β-unsaturated/α-hetero) is 1. The summed E-state index contributed by atoms with van der Waals surface area (Å²) in [5.74, 6) is -4.24. The van der Waals surface area contributed by atoms with Crippen LogP contribution in [0.3, 0.4) is 0 Å². The first-order chi connectivity index (χ1) is 28.2. The Kier molecular flexibility index (Phi) is 22.2. The number of rotatable bonds is 25. The van der Waals surface area contributed by atoms with Gasteiger partial charge in [0.2, 0.25) is 0 Å². The Balaban J connectivity index is 2.32. The zero-order chi connectivity index (χ0) is 45.4. The standard InChI is InChI=1S/C44H71IN5O10/c1-13-28(6)38(49(10)43(56)40(45-27(4)5)47-42(55)37(26(2)3)48(9)35(52)22-21-29(7)51)34(59-11)25-36(53)50-23-17-20-33(50)39(60-12)30(8)41(54)46-32(44(57)58)24-31-18-15-14-16-19-31/h14-16,18-19,26-28,30,32-34,37-40H,13,17,20-25H2,1-12H3,(H,46,54)(H,47,55)(H,57,58)/q-1/t28-,30+,32-,33-,34+,37-,38-,39+,40?/m0/s1. The maximum absolute atomic E-state index is 14.5. The molecule has 1 unspecified atom stereocenters. The van der Waals surface area contributed by atoms with Gasteiger partial charge in [0.05, 0.1) is 0 Å². The van der Waals surface area contributed by atoms with Crippen molar-refractivity contribution in [3.63, 3.8) is 0 Å². The predicted octanol–water partition coefficient (Wildman–Crippen LogP) is 0.511. The number of carbonyl (C=O) groups excluding carboxylic acids is 6. The summed E-state index contributed by atoms with van der Waals surface area (Å²) in [7, 11) is 6.22. The summed E-state index contributed by atoms with van der Waals surface area (Å²) in [4.78, 5) is 97.6. The summed E-state index contributed by atoms with van der Waals surface area (Å²) < 4.78 is 11.2. The van der Waals surface area contributed by atoms with Crippen LogP contribution in [0.1, 0.15) is 99.5 Å². The topological polar surface area (TPSA) is 192 Å². The molecule has 2 rings (SSSR count). The van der Waals surface area contributed by atoms with Crippen LogP contribution >= 0.6 is 0 Å². The molecule has 5 amide bonds. The number of nitrogens with one attached hydrogen (secondary N) is 2. The Hall–Kier alpha value is -3.64. The second kappa shape index (κ2) is 25.3. The van der Waals surface area contributed by atoms with E-state index >= 15 is 0 Å². The predicted molar refractivity (Wildman–Crippen MR) is 224 cm³/mol. The average molecular weight is 957 g/mol. The number of halogens is 1. The van der Waals surface area contributed by atoms with Crippen molar-refractivity contribution in [1.82, 2.24) is 25.3 Å². The summed E-state index contributed by atoms with van der Waals surface area (Å²) in [6.45, 7) is 15.2. The van der Waals surface area contributed by atoms with Crippen LogP contribution in [-0.2, 0) is 49.5 Å². The SMILES string of the molecule is CC[C@H](C)[C@@H]([C@@H](CC(=O)N1CCC[C@H]1[C@H](OC)[C@@H](C)C(=O)N[C@@H](Cc1ccccc1)C(=O)O)OC)N(C)C(=O)C(NC(=O)[C@H](C(C)C)N(C)C(=O)CCC(C)=O)[I-]C(C)C. The molecule has 9 atom stereocenters. The van der Waals surface area contributed by atoms with Crippen molar-refractivity contribution in [2.75, 3.05) is 34.9 Å². The molecule has 0 radical (unpaired) electrons. The minimum absolute atomic E-state index is 0.0128. The summed E-state index contributed by atoms with van der Waals surface area (Å²) >= 11 is -0.922. The molecular formula is C44H71IN5O10-. The molecule has 3 N–H and O–H groups in total. The Morgan fingerprint density at radius 1 is 0.900 bits per heavy atom. The number of nitrogens with zero attached hydrogens (tertiary/aromatic N) is 3. The number of hydrogen-bond donors (Lipinski definition) is 3. The van der Waals surface area contributed by atoms with Crippen LogP contribution in [0.2, 0.25) is 0 Å². The number of amides is 5. The van der Waals surface area contributed by atoms with E-state index < -0.39 is 85.3 Å². The third kappa shape index (κ3) is 15.1. The zero-order valence-corrected chi connectivity index (χ0v) is 39.9. The molecule has 16 heteroatoms. The molecular weight excluding hydrogens is 885 g/mol. The van der Waals surface area contributed by atoms with Gasteiger partial charge in [-0.15, -0.1) is 0 Å². The fourth-order valence-corrected chi connectivity index (χ4v) is 10.7. The first-order valence-corrected chi connectivity index (χ1v) is 23.6. The van der Waals surface area contributed by atoms with Crippen molar-refractivity contribution in [1.29, 1.82) is 0 Å². The number of ether oxygens (including phenoxy) is 2. The Morgan fingerprint density at radius 3 is 2.05 bits per heavy atom. The van der Waals surface area contributed by atoms with E-state index in [1.807, 2.05) is 47.6 Å². The third-order valence-corrected chi connectivity index (χ3v) is 14.4. The van der Waals surface area contributed by atoms with E-state index in [1.54, 1.807) is 55.1 Å². The first kappa shape index (κ1) is 52.5. The van der Waals surface area contributed by atoms with Gasteiger partial charge in [-0.2, -0.15) is 0 Å². The van der Waals surface area contributed by atoms with Crippen LogP contribution in [0.25, 0.3) is 0 Å². The number of methoxy groups -OCH3 is 2. The average Bonchev–Trinajstić information content (AvgIpc) is 3.68. The molecule has 0 aliphatic carbocycles. The summed E-state index contributed by atoms with van der Waals surface area (Å²) in [5, 5.41) is 15.6.